The molecular weight excluding hydrogens is 294 g/mol. The second kappa shape index (κ2) is 9.78. The Bertz CT molecular complexity index is 439. The van der Waals surface area contributed by atoms with Gasteiger partial charge in [-0.05, 0) is 30.5 Å². The predicted octanol–water partition coefficient (Wildman–Crippen LogP) is 4.16. The van der Waals surface area contributed by atoms with E-state index in [0.717, 1.165) is 24.3 Å². The lowest BCUT2D eigenvalue weighted by atomic mass is 9.97. The van der Waals surface area contributed by atoms with Gasteiger partial charge in [-0.2, -0.15) is 0 Å². The van der Waals surface area contributed by atoms with E-state index >= 15 is 0 Å². The van der Waals surface area contributed by atoms with E-state index in [1.807, 2.05) is 12.1 Å². The number of hydrogen-bond acceptors (Lipinski definition) is 3. The van der Waals surface area contributed by atoms with Crippen LogP contribution in [0, 0.1) is 0 Å². The summed E-state index contributed by atoms with van der Waals surface area (Å²) in [5, 5.41) is 3.21. The number of methoxy groups -OCH3 is 1. The molecule has 0 saturated heterocycles. The highest BCUT2D eigenvalue weighted by molar-refractivity contribution is 7.99. The fraction of sp³-hybridized carbons (Fsp3) is 0.611. The Morgan fingerprint density at radius 2 is 1.77 bits per heavy atom. The Balaban J connectivity index is 1.65. The van der Waals surface area contributed by atoms with E-state index in [1.54, 1.807) is 18.9 Å². The first kappa shape index (κ1) is 17.2. The van der Waals surface area contributed by atoms with Gasteiger partial charge in [-0.15, -0.1) is 11.8 Å². The number of hydrogen-bond donors (Lipinski definition) is 1. The van der Waals surface area contributed by atoms with Gasteiger partial charge >= 0.3 is 0 Å². The highest BCUT2D eigenvalue weighted by atomic mass is 32.2. The van der Waals surface area contributed by atoms with E-state index in [-0.39, 0.29) is 5.91 Å². The maximum absolute atomic E-state index is 12.0. The second-order valence-corrected chi connectivity index (χ2v) is 6.94. The molecule has 3 nitrogen and oxygen atoms in total. The minimum absolute atomic E-state index is 0.184. The van der Waals surface area contributed by atoms with Gasteiger partial charge in [0.2, 0.25) is 5.91 Å². The summed E-state index contributed by atoms with van der Waals surface area (Å²) in [6.45, 7) is 0. The van der Waals surface area contributed by atoms with Crippen LogP contribution in [0.25, 0.3) is 0 Å². The molecule has 1 aromatic rings. The Morgan fingerprint density at radius 3 is 2.41 bits per heavy atom. The van der Waals surface area contributed by atoms with Crippen molar-refractivity contribution < 1.29 is 9.53 Å². The van der Waals surface area contributed by atoms with Crippen LogP contribution in [0.1, 0.15) is 50.5 Å². The summed E-state index contributed by atoms with van der Waals surface area (Å²) in [4.78, 5) is 12.0. The summed E-state index contributed by atoms with van der Waals surface area (Å²) < 4.78 is 5.14. The molecule has 0 unspecified atom stereocenters. The Kier molecular flexibility index (Phi) is 7.64. The number of benzene rings is 1. The molecule has 0 spiro atoms. The largest absolute Gasteiger partial charge is 0.497 e. The lowest BCUT2D eigenvalue weighted by molar-refractivity contribution is -0.119. The van der Waals surface area contributed by atoms with Crippen molar-refractivity contribution in [2.45, 2.75) is 56.7 Å². The van der Waals surface area contributed by atoms with E-state index in [1.165, 1.54) is 37.7 Å². The number of rotatable bonds is 6. The van der Waals surface area contributed by atoms with Crippen molar-refractivity contribution in [3.05, 3.63) is 29.8 Å². The van der Waals surface area contributed by atoms with Crippen LogP contribution >= 0.6 is 11.8 Å². The van der Waals surface area contributed by atoms with Crippen molar-refractivity contribution >= 4 is 17.7 Å². The van der Waals surface area contributed by atoms with E-state index < -0.39 is 0 Å². The third-order valence-corrected chi connectivity index (χ3v) is 5.13. The molecule has 122 valence electrons. The van der Waals surface area contributed by atoms with Crippen molar-refractivity contribution in [1.82, 2.24) is 5.32 Å². The van der Waals surface area contributed by atoms with Crippen molar-refractivity contribution in [3.63, 3.8) is 0 Å². The lowest BCUT2D eigenvalue weighted by Crippen LogP contribution is -2.36. The minimum atomic E-state index is 0.184. The minimum Gasteiger partial charge on any atom is -0.497 e. The third-order valence-electron chi connectivity index (χ3n) is 4.13. The quantitative estimate of drug-likeness (QED) is 0.855. The topological polar surface area (TPSA) is 38.3 Å². The van der Waals surface area contributed by atoms with E-state index in [2.05, 4.69) is 17.4 Å². The average Bonchev–Trinajstić information content (AvgIpc) is 2.50. The summed E-state index contributed by atoms with van der Waals surface area (Å²) in [5.41, 5.74) is 1.23. The van der Waals surface area contributed by atoms with Gasteiger partial charge in [-0.1, -0.05) is 44.2 Å². The van der Waals surface area contributed by atoms with Crippen LogP contribution in [0.3, 0.4) is 0 Å². The van der Waals surface area contributed by atoms with Gasteiger partial charge in [0.05, 0.1) is 12.9 Å². The number of nitrogens with one attached hydrogen (secondary N) is 1. The zero-order chi connectivity index (χ0) is 15.6. The molecule has 1 aliphatic carbocycles. The van der Waals surface area contributed by atoms with Crippen molar-refractivity contribution in [1.29, 1.82) is 0 Å². The van der Waals surface area contributed by atoms with Gasteiger partial charge in [-0.25, -0.2) is 0 Å². The zero-order valence-electron chi connectivity index (χ0n) is 13.5. The van der Waals surface area contributed by atoms with Gasteiger partial charge in [0.25, 0.3) is 0 Å². The molecule has 0 heterocycles. The number of ether oxygens (including phenoxy) is 1. The summed E-state index contributed by atoms with van der Waals surface area (Å²) >= 11 is 1.67. The summed E-state index contributed by atoms with van der Waals surface area (Å²) in [6, 6.07) is 8.43. The van der Waals surface area contributed by atoms with E-state index in [9.17, 15) is 4.79 Å². The Hall–Kier alpha value is -1.16. The van der Waals surface area contributed by atoms with Crippen LogP contribution in [0.4, 0.5) is 0 Å². The standard InChI is InChI=1S/C18H27NO2S/c1-21-17-11-9-15(10-12-17)13-22-14-18(20)19-16-7-5-3-2-4-6-8-16/h9-12,16H,2-8,13-14H2,1H3,(H,19,20). The normalized spacial score (nSPS) is 16.6. The smallest absolute Gasteiger partial charge is 0.230 e. The lowest BCUT2D eigenvalue weighted by Gasteiger charge is -2.20. The zero-order valence-corrected chi connectivity index (χ0v) is 14.3. The number of thioether (sulfide) groups is 1. The van der Waals surface area contributed by atoms with Crippen molar-refractivity contribution in [2.75, 3.05) is 12.9 Å². The van der Waals surface area contributed by atoms with Crippen LogP contribution in [0.5, 0.6) is 5.75 Å². The van der Waals surface area contributed by atoms with Crippen molar-refractivity contribution in [2.24, 2.45) is 0 Å². The fourth-order valence-corrected chi connectivity index (χ4v) is 3.65. The SMILES string of the molecule is COc1ccc(CSCC(=O)NC2CCCCCCC2)cc1. The molecule has 0 radical (unpaired) electrons. The number of carbonyl (C=O) groups is 1. The maximum Gasteiger partial charge on any atom is 0.230 e. The van der Waals surface area contributed by atoms with Gasteiger partial charge < -0.3 is 10.1 Å². The summed E-state index contributed by atoms with van der Waals surface area (Å²) in [6.07, 6.45) is 8.80. The van der Waals surface area contributed by atoms with Gasteiger partial charge in [0.1, 0.15) is 5.75 Å². The molecule has 0 atom stereocenters. The molecule has 0 bridgehead atoms. The Labute approximate surface area is 138 Å². The van der Waals surface area contributed by atoms with Gasteiger partial charge in [0.15, 0.2) is 0 Å². The summed E-state index contributed by atoms with van der Waals surface area (Å²) in [5.74, 6) is 2.46. The fourth-order valence-electron chi connectivity index (χ4n) is 2.85. The van der Waals surface area contributed by atoms with Gasteiger partial charge in [-0.3, -0.25) is 4.79 Å². The molecule has 1 saturated carbocycles. The molecule has 1 fully saturated rings. The predicted molar refractivity (Wildman–Crippen MR) is 93.4 cm³/mol. The van der Waals surface area contributed by atoms with Crippen LogP contribution < -0.4 is 10.1 Å². The highest BCUT2D eigenvalue weighted by Gasteiger charge is 2.13. The molecule has 1 N–H and O–H groups in total. The molecule has 0 aliphatic heterocycles. The number of amides is 1. The van der Waals surface area contributed by atoms with Crippen molar-refractivity contribution in [3.8, 4) is 5.75 Å². The molecule has 0 aromatic heterocycles. The number of carbonyl (C=O) groups excluding carboxylic acids is 1. The monoisotopic (exact) mass is 321 g/mol. The van der Waals surface area contributed by atoms with E-state index in [0.29, 0.717) is 11.8 Å². The van der Waals surface area contributed by atoms with Gasteiger partial charge in [0, 0.05) is 11.8 Å². The second-order valence-electron chi connectivity index (χ2n) is 5.95. The Morgan fingerprint density at radius 1 is 1.14 bits per heavy atom. The highest BCUT2D eigenvalue weighted by Crippen LogP contribution is 2.18. The molecule has 1 aliphatic rings. The molecule has 2 rings (SSSR count). The van der Waals surface area contributed by atoms with Crippen LogP contribution in [-0.2, 0) is 10.5 Å². The molecule has 1 aromatic carbocycles. The molecule has 22 heavy (non-hydrogen) atoms. The average molecular weight is 321 g/mol. The molecular formula is C18H27NO2S. The first-order chi connectivity index (χ1) is 10.8. The van der Waals surface area contributed by atoms with Crippen LogP contribution in [0.15, 0.2) is 24.3 Å². The molecule has 1 amide bonds. The maximum atomic E-state index is 12.0. The summed E-state index contributed by atoms with van der Waals surface area (Å²) in [7, 11) is 1.67. The third kappa shape index (κ3) is 6.30. The molecule has 4 heteroatoms. The first-order valence-electron chi connectivity index (χ1n) is 8.28. The first-order valence-corrected chi connectivity index (χ1v) is 9.43. The van der Waals surface area contributed by atoms with E-state index in [4.69, 9.17) is 4.74 Å². The van der Waals surface area contributed by atoms with Crippen LogP contribution in [0.2, 0.25) is 0 Å². The van der Waals surface area contributed by atoms with Crippen LogP contribution in [-0.4, -0.2) is 24.8 Å².